The zero-order valence-electron chi connectivity index (χ0n) is 19.2. The van der Waals surface area contributed by atoms with Crippen molar-refractivity contribution in [2.75, 3.05) is 49.6 Å². The zero-order chi connectivity index (χ0) is 24.5. The van der Waals surface area contributed by atoms with Gasteiger partial charge >= 0.3 is 235 Å². The number of halogens is 3. The Morgan fingerprint density at radius 2 is 1.38 bits per heavy atom. The van der Waals surface area contributed by atoms with Crippen LogP contribution in [0.4, 0.5) is 5.82 Å². The van der Waals surface area contributed by atoms with Gasteiger partial charge in [0.25, 0.3) is 0 Å². The number of aromatic nitrogens is 4. The van der Waals surface area contributed by atoms with Crippen LogP contribution >= 0.6 is 22.6 Å². The maximum absolute atomic E-state index is 6.17. The minimum absolute atomic E-state index is 0.378. The van der Waals surface area contributed by atoms with E-state index < -0.39 is 42.4 Å². The molecule has 0 saturated heterocycles. The van der Waals surface area contributed by atoms with E-state index in [0.29, 0.717) is 32.5 Å². The summed E-state index contributed by atoms with van der Waals surface area (Å²) in [6, 6.07) is 5.82. The van der Waals surface area contributed by atoms with E-state index in [9.17, 15) is 0 Å². The average Bonchev–Trinajstić information content (AvgIpc) is 2.84. The molecule has 13 heteroatoms. The first-order valence-electron chi connectivity index (χ1n) is 9.71. The number of rotatable bonds is 12. The molecule has 186 valence electrons. The van der Waals surface area contributed by atoms with Gasteiger partial charge in [-0.05, 0) is 0 Å². The van der Waals surface area contributed by atoms with E-state index in [2.05, 4.69) is 48.8 Å². The van der Waals surface area contributed by atoms with E-state index in [0.717, 1.165) is 22.4 Å². The van der Waals surface area contributed by atoms with Crippen LogP contribution in [0, 0.1) is 10.8 Å². The number of pyridine rings is 2. The molecule has 3 heterocycles. The molecule has 0 fully saturated rings. The van der Waals surface area contributed by atoms with Gasteiger partial charge in [-0.3, -0.25) is 0 Å². The van der Waals surface area contributed by atoms with E-state index in [1.54, 1.807) is 21.3 Å². The van der Waals surface area contributed by atoms with E-state index in [-0.39, 0.29) is 0 Å². The summed E-state index contributed by atoms with van der Waals surface area (Å²) in [5.41, 5.74) is 0. The number of anilines is 1. The van der Waals surface area contributed by atoms with Gasteiger partial charge in [0.05, 0.1) is 0 Å². The van der Waals surface area contributed by atoms with E-state index >= 15 is 0 Å². The average molecular weight is 807 g/mol. The normalized spacial score (nSPS) is 10.8. The van der Waals surface area contributed by atoms with Crippen molar-refractivity contribution < 1.29 is 66.1 Å². The monoisotopic (exact) mass is 807 g/mol. The van der Waals surface area contributed by atoms with Crippen LogP contribution in [0.3, 0.4) is 0 Å². The van der Waals surface area contributed by atoms with E-state index in [1.807, 2.05) is 43.5 Å². The fourth-order valence-corrected chi connectivity index (χ4v) is 6.36. The first-order chi connectivity index (χ1) is 16.4. The van der Waals surface area contributed by atoms with Gasteiger partial charge in [0.1, 0.15) is 0 Å². The Bertz CT molecular complexity index is 1110. The molecule has 0 aromatic carbocycles. The third-order valence-electron chi connectivity index (χ3n) is 4.15. The summed E-state index contributed by atoms with van der Waals surface area (Å²) in [6.45, 7) is 0. The molecule has 0 aliphatic carbocycles. The summed E-state index contributed by atoms with van der Waals surface area (Å²) < 4.78 is 32.0. The van der Waals surface area contributed by atoms with Gasteiger partial charge in [0, 0.05) is 0 Å². The van der Waals surface area contributed by atoms with Gasteiger partial charge < -0.3 is 0 Å². The predicted molar refractivity (Wildman–Crippen MR) is 126 cm³/mol. The molecule has 34 heavy (non-hydrogen) atoms. The molecular weight excluding hydrogens is 783 g/mol. The third-order valence-corrected chi connectivity index (χ3v) is 8.86. The van der Waals surface area contributed by atoms with Crippen LogP contribution in [0.5, 0.6) is 29.0 Å². The summed E-state index contributed by atoms with van der Waals surface area (Å²) in [6.07, 6.45) is 3.70. The quantitative estimate of drug-likeness (QED) is 0.136. The fourth-order valence-electron chi connectivity index (χ4n) is 2.59. The fraction of sp³-hybridized carbons (Fsp3) is 0.333. The van der Waals surface area contributed by atoms with Crippen LogP contribution < -0.4 is 71.0 Å². The Hall–Kier alpha value is -1.63. The molecule has 10 nitrogen and oxygen atoms in total. The topological polar surface area (TPSA) is 101 Å². The number of hydrogen-bond donors (Lipinski definition) is 0. The molecule has 0 aliphatic rings. The molecule has 0 amide bonds. The Morgan fingerprint density at radius 1 is 0.765 bits per heavy atom. The SMILES string of the molecule is COc1cc([I-]COc2cc([I-]COc3cc(I)nnc3OC)cnc2N(C)C)cnc1OC. The molecule has 3 rings (SSSR count). The van der Waals surface area contributed by atoms with Crippen LogP contribution in [-0.2, 0) is 0 Å². The Morgan fingerprint density at radius 3 is 2.00 bits per heavy atom. The molecule has 0 saturated carbocycles. The first-order valence-corrected chi connectivity index (χ1v) is 16.0. The van der Waals surface area contributed by atoms with Crippen LogP contribution in [0.1, 0.15) is 0 Å². The number of ether oxygens (including phenoxy) is 5. The first kappa shape index (κ1) is 27.0. The molecular formula is C21H24I3N5O5-2. The van der Waals surface area contributed by atoms with Gasteiger partial charge in [-0.2, -0.15) is 0 Å². The maximum atomic E-state index is 6.17. The number of hydrogen-bond acceptors (Lipinski definition) is 10. The standard InChI is InChI=1S/C21H24I3N5O5/c1-29(2)19-15(33-11-23-14-7-16(30-3)20(31-4)26-10-14)6-13(9-25-19)24-12-34-17-8-18(22)27-28-21(17)32-5/h6-10H,11-12H2,1-5H3/q-2. The molecule has 3 aromatic heterocycles. The predicted octanol–water partition coefficient (Wildman–Crippen LogP) is -3.45. The minimum atomic E-state index is -0.470. The van der Waals surface area contributed by atoms with Crippen molar-refractivity contribution in [3.63, 3.8) is 0 Å². The molecule has 0 bridgehead atoms. The molecule has 0 radical (unpaired) electrons. The van der Waals surface area contributed by atoms with Gasteiger partial charge in [-0.15, -0.1) is 0 Å². The summed E-state index contributed by atoms with van der Waals surface area (Å²) >= 11 is 1.18. The van der Waals surface area contributed by atoms with E-state index in [4.69, 9.17) is 23.7 Å². The van der Waals surface area contributed by atoms with Gasteiger partial charge in [0.2, 0.25) is 0 Å². The molecule has 3 aromatic rings. The van der Waals surface area contributed by atoms with Crippen LogP contribution in [0.2, 0.25) is 0 Å². The van der Waals surface area contributed by atoms with Gasteiger partial charge in [-0.25, -0.2) is 0 Å². The number of nitrogens with zero attached hydrogens (tertiary/aromatic N) is 5. The molecule has 0 atom stereocenters. The van der Waals surface area contributed by atoms with Gasteiger partial charge in [-0.1, -0.05) is 0 Å². The van der Waals surface area contributed by atoms with Gasteiger partial charge in [0.15, 0.2) is 0 Å². The zero-order valence-corrected chi connectivity index (χ0v) is 25.7. The summed E-state index contributed by atoms with van der Waals surface area (Å²) in [7, 11) is 8.63. The summed E-state index contributed by atoms with van der Waals surface area (Å²) in [4.78, 5) is 10.9. The third kappa shape index (κ3) is 7.43. The second kappa shape index (κ2) is 13.5. The molecule has 0 spiro atoms. The van der Waals surface area contributed by atoms with Crippen LogP contribution in [0.25, 0.3) is 0 Å². The van der Waals surface area contributed by atoms with Crippen molar-refractivity contribution in [1.29, 1.82) is 0 Å². The second-order valence-corrected chi connectivity index (χ2v) is 12.9. The van der Waals surface area contributed by atoms with E-state index in [1.165, 1.54) is 0 Å². The van der Waals surface area contributed by atoms with Crippen LogP contribution in [0.15, 0.2) is 30.6 Å². The van der Waals surface area contributed by atoms with Crippen molar-refractivity contribution >= 4 is 28.4 Å². The molecule has 0 unspecified atom stereocenters. The van der Waals surface area contributed by atoms with Crippen molar-refractivity contribution in [2.24, 2.45) is 0 Å². The summed E-state index contributed by atoms with van der Waals surface area (Å²) in [5, 5.41) is 7.98. The second-order valence-electron chi connectivity index (χ2n) is 6.55. The molecule has 0 aliphatic heterocycles. The summed E-state index contributed by atoms with van der Waals surface area (Å²) in [5.74, 6) is 3.61. The van der Waals surface area contributed by atoms with Crippen LogP contribution in [-0.4, -0.2) is 64.8 Å². The Labute approximate surface area is 232 Å². The van der Waals surface area contributed by atoms with Crippen molar-refractivity contribution in [3.8, 4) is 29.0 Å². The number of alkyl halides is 2. The van der Waals surface area contributed by atoms with Crippen molar-refractivity contribution in [2.45, 2.75) is 0 Å². The van der Waals surface area contributed by atoms with Crippen molar-refractivity contribution in [3.05, 3.63) is 41.4 Å². The number of methoxy groups -OCH3 is 3. The van der Waals surface area contributed by atoms with Crippen molar-refractivity contribution in [1.82, 2.24) is 20.2 Å². The Balaban J connectivity index is 1.64. The molecule has 0 N–H and O–H groups in total. The Kier molecular flexibility index (Phi) is 10.7.